The van der Waals surface area contributed by atoms with Crippen LogP contribution in [-0.2, 0) is 7.05 Å². The van der Waals surface area contributed by atoms with E-state index in [2.05, 4.69) is 16.3 Å². The van der Waals surface area contributed by atoms with Crippen molar-refractivity contribution in [2.75, 3.05) is 38.6 Å². The number of amides is 1. The van der Waals surface area contributed by atoms with Gasteiger partial charge in [-0.3, -0.25) is 14.4 Å². The first-order chi connectivity index (χ1) is 16.4. The molecule has 3 aromatic rings. The van der Waals surface area contributed by atoms with Gasteiger partial charge in [0.25, 0.3) is 5.91 Å². The number of aryl methyl sites for hydroxylation is 1. The van der Waals surface area contributed by atoms with Gasteiger partial charge >= 0.3 is 0 Å². The van der Waals surface area contributed by atoms with Crippen LogP contribution in [0.4, 0.5) is 10.1 Å². The minimum atomic E-state index is -0.235. The lowest BCUT2D eigenvalue weighted by atomic mass is 9.74. The summed E-state index contributed by atoms with van der Waals surface area (Å²) in [5.41, 5.74) is 4.83. The van der Waals surface area contributed by atoms with Crippen LogP contribution >= 0.6 is 0 Å². The largest absolute Gasteiger partial charge is 0.378 e. The normalized spacial score (nSPS) is 23.6. The number of hydrogen-bond donors (Lipinski definition) is 1. The highest BCUT2D eigenvalue weighted by Gasteiger charge is 2.41. The molecule has 0 radical (unpaired) electrons. The van der Waals surface area contributed by atoms with Crippen molar-refractivity contribution in [3.8, 4) is 11.3 Å². The minimum absolute atomic E-state index is 0.0138. The Morgan fingerprint density at radius 1 is 1.15 bits per heavy atom. The zero-order valence-corrected chi connectivity index (χ0v) is 20.0. The topological polar surface area (TPSA) is 53.4 Å². The fourth-order valence-electron chi connectivity index (χ4n) is 5.50. The molecule has 4 atom stereocenters. The lowest BCUT2D eigenvalue weighted by Gasteiger charge is -2.50. The third-order valence-electron chi connectivity index (χ3n) is 7.46. The molecule has 7 heteroatoms. The number of nitrogens with zero attached hydrogens (tertiary/aromatic N) is 4. The number of rotatable bonds is 6. The molecule has 3 aliphatic heterocycles. The molecular weight excluding hydrogens is 429 g/mol. The summed E-state index contributed by atoms with van der Waals surface area (Å²) < 4.78 is 15.3. The summed E-state index contributed by atoms with van der Waals surface area (Å²) in [6.45, 7) is 2.72. The first kappa shape index (κ1) is 22.6. The highest BCUT2D eigenvalue weighted by molar-refractivity contribution is 5.94. The maximum Gasteiger partial charge on any atom is 0.251 e. The highest BCUT2D eigenvalue weighted by atomic mass is 19.1. The van der Waals surface area contributed by atoms with Crippen molar-refractivity contribution in [1.29, 1.82) is 0 Å². The van der Waals surface area contributed by atoms with Crippen LogP contribution in [0, 0.1) is 11.7 Å². The van der Waals surface area contributed by atoms with E-state index in [1.807, 2.05) is 55.0 Å². The number of fused-ring (bicyclic) bond motifs is 3. The molecule has 0 spiro atoms. The lowest BCUT2D eigenvalue weighted by Crippen LogP contribution is -2.56. The molecule has 3 saturated heterocycles. The van der Waals surface area contributed by atoms with E-state index in [9.17, 15) is 9.18 Å². The van der Waals surface area contributed by atoms with E-state index >= 15 is 0 Å². The van der Waals surface area contributed by atoms with E-state index in [1.54, 1.807) is 12.1 Å². The second kappa shape index (κ2) is 9.22. The molecule has 4 heterocycles. The predicted molar refractivity (Wildman–Crippen MR) is 133 cm³/mol. The van der Waals surface area contributed by atoms with Gasteiger partial charge in [0.1, 0.15) is 5.82 Å². The molecule has 1 aromatic heterocycles. The van der Waals surface area contributed by atoms with Crippen molar-refractivity contribution in [2.24, 2.45) is 13.0 Å². The number of carbonyl (C=O) groups is 1. The number of anilines is 1. The van der Waals surface area contributed by atoms with E-state index in [1.165, 1.54) is 17.8 Å². The molecule has 1 N–H and O–H groups in total. The van der Waals surface area contributed by atoms with E-state index in [4.69, 9.17) is 5.10 Å². The average molecular weight is 462 g/mol. The molecule has 1 amide bonds. The van der Waals surface area contributed by atoms with Crippen LogP contribution in [0.25, 0.3) is 11.3 Å². The number of piperidine rings is 3. The molecule has 3 aliphatic rings. The van der Waals surface area contributed by atoms with Gasteiger partial charge < -0.3 is 10.2 Å². The van der Waals surface area contributed by atoms with Gasteiger partial charge in [0, 0.05) is 68.7 Å². The van der Waals surface area contributed by atoms with Gasteiger partial charge in [0.15, 0.2) is 0 Å². The quantitative estimate of drug-likeness (QED) is 0.605. The fraction of sp³-hybridized carbons (Fsp3) is 0.407. The van der Waals surface area contributed by atoms with Gasteiger partial charge in [-0.2, -0.15) is 5.10 Å². The van der Waals surface area contributed by atoms with Gasteiger partial charge in [0.2, 0.25) is 0 Å². The first-order valence-corrected chi connectivity index (χ1v) is 12.0. The van der Waals surface area contributed by atoms with Gasteiger partial charge in [0.05, 0.1) is 5.69 Å². The molecule has 4 unspecified atom stereocenters. The molecule has 2 aromatic carbocycles. The Morgan fingerprint density at radius 3 is 2.53 bits per heavy atom. The molecule has 0 aliphatic carbocycles. The van der Waals surface area contributed by atoms with E-state index in [-0.39, 0.29) is 11.7 Å². The molecule has 2 bridgehead atoms. The Hall–Kier alpha value is -3.19. The number of carbonyl (C=O) groups excluding carboxylic acids is 1. The zero-order valence-electron chi connectivity index (χ0n) is 20.0. The lowest BCUT2D eigenvalue weighted by molar-refractivity contribution is 0.0280. The summed E-state index contributed by atoms with van der Waals surface area (Å²) in [4.78, 5) is 17.2. The summed E-state index contributed by atoms with van der Waals surface area (Å²) in [5, 5.41) is 7.87. The van der Waals surface area contributed by atoms with Gasteiger partial charge in [-0.25, -0.2) is 4.39 Å². The summed E-state index contributed by atoms with van der Waals surface area (Å²) >= 11 is 0. The summed E-state index contributed by atoms with van der Waals surface area (Å²) in [6, 6.07) is 16.8. The van der Waals surface area contributed by atoms with Crippen molar-refractivity contribution >= 4 is 11.6 Å². The smallest absolute Gasteiger partial charge is 0.251 e. The standard InChI is InChI=1S/C27H32FN5O/c1-31(2)22-10-6-19(7-11-22)27(34)29-16-23-14-20-12-13-33(23)17-24(20)26-15-25(30-32(26)3)18-4-8-21(28)9-5-18/h4-11,15,20,23-24H,12-14,16-17H2,1-3H3,(H,29,34). The zero-order chi connectivity index (χ0) is 23.8. The summed E-state index contributed by atoms with van der Waals surface area (Å²) in [5.74, 6) is 0.745. The van der Waals surface area contributed by atoms with Gasteiger partial charge in [-0.1, -0.05) is 0 Å². The highest BCUT2D eigenvalue weighted by Crippen LogP contribution is 2.42. The second-order valence-corrected chi connectivity index (χ2v) is 9.78. The monoisotopic (exact) mass is 461 g/mol. The van der Waals surface area contributed by atoms with Gasteiger partial charge in [-0.05, 0) is 79.9 Å². The molecule has 3 fully saturated rings. The Morgan fingerprint density at radius 2 is 1.88 bits per heavy atom. The van der Waals surface area contributed by atoms with Crippen molar-refractivity contribution in [3.63, 3.8) is 0 Å². The third kappa shape index (κ3) is 4.44. The van der Waals surface area contributed by atoms with Crippen molar-refractivity contribution in [1.82, 2.24) is 20.0 Å². The third-order valence-corrected chi connectivity index (χ3v) is 7.46. The van der Waals surface area contributed by atoms with E-state index in [0.29, 0.717) is 30.0 Å². The second-order valence-electron chi connectivity index (χ2n) is 9.78. The van der Waals surface area contributed by atoms with Crippen LogP contribution in [0.2, 0.25) is 0 Å². The maximum atomic E-state index is 13.3. The van der Waals surface area contributed by atoms with Crippen LogP contribution in [-0.4, -0.2) is 60.4 Å². The molecule has 34 heavy (non-hydrogen) atoms. The average Bonchev–Trinajstić information content (AvgIpc) is 3.24. The molecular formula is C27H32FN5O. The Balaban J connectivity index is 1.22. The number of nitrogens with one attached hydrogen (secondary N) is 1. The van der Waals surface area contributed by atoms with Crippen LogP contribution in [0.15, 0.2) is 54.6 Å². The summed E-state index contributed by atoms with van der Waals surface area (Å²) in [7, 11) is 5.98. The number of halogens is 1. The van der Waals surface area contributed by atoms with Crippen LogP contribution in [0.5, 0.6) is 0 Å². The maximum absolute atomic E-state index is 13.3. The van der Waals surface area contributed by atoms with Gasteiger partial charge in [-0.15, -0.1) is 0 Å². The molecule has 178 valence electrons. The van der Waals surface area contributed by atoms with Crippen LogP contribution < -0.4 is 10.2 Å². The van der Waals surface area contributed by atoms with Crippen molar-refractivity contribution < 1.29 is 9.18 Å². The number of hydrogen-bond acceptors (Lipinski definition) is 4. The molecule has 6 rings (SSSR count). The van der Waals surface area contributed by atoms with Crippen molar-refractivity contribution in [3.05, 3.63) is 71.7 Å². The summed E-state index contributed by atoms with van der Waals surface area (Å²) in [6.07, 6.45) is 2.24. The van der Waals surface area contributed by atoms with Crippen LogP contribution in [0.1, 0.15) is 34.8 Å². The van der Waals surface area contributed by atoms with Crippen molar-refractivity contribution in [2.45, 2.75) is 24.8 Å². The predicted octanol–water partition coefficient (Wildman–Crippen LogP) is 3.90. The minimum Gasteiger partial charge on any atom is -0.378 e. The van der Waals surface area contributed by atoms with E-state index < -0.39 is 0 Å². The number of benzene rings is 2. The SMILES string of the molecule is CN(C)c1ccc(C(=O)NCC2CC3CCN2CC3c2cc(-c3ccc(F)cc3)nn2C)cc1. The Labute approximate surface area is 200 Å². The first-order valence-electron chi connectivity index (χ1n) is 12.0. The number of aromatic nitrogens is 2. The van der Waals surface area contributed by atoms with Crippen LogP contribution in [0.3, 0.4) is 0 Å². The molecule has 6 nitrogen and oxygen atoms in total. The fourth-order valence-corrected chi connectivity index (χ4v) is 5.50. The molecule has 0 saturated carbocycles. The Bertz CT molecular complexity index is 1150. The van der Waals surface area contributed by atoms with E-state index in [0.717, 1.165) is 42.9 Å². The Kier molecular flexibility index (Phi) is 6.13.